The van der Waals surface area contributed by atoms with Gasteiger partial charge in [-0.3, -0.25) is 0 Å². The molecule has 0 aliphatic heterocycles. The number of hydrogen-bond acceptors (Lipinski definition) is 2. The summed E-state index contributed by atoms with van der Waals surface area (Å²) in [6, 6.07) is 1.09. The summed E-state index contributed by atoms with van der Waals surface area (Å²) < 4.78 is 40.9. The summed E-state index contributed by atoms with van der Waals surface area (Å²) in [6.07, 6.45) is 2.94. The van der Waals surface area contributed by atoms with E-state index >= 15 is 0 Å². The minimum atomic E-state index is -1.51. The van der Waals surface area contributed by atoms with Crippen molar-refractivity contribution < 1.29 is 13.2 Å². The van der Waals surface area contributed by atoms with Gasteiger partial charge in [-0.05, 0) is 6.07 Å². The third kappa shape index (κ3) is 1.91. The first-order chi connectivity index (χ1) is 8.02. The lowest BCUT2D eigenvalue weighted by atomic mass is 10.0. The number of nitrogens with two attached hydrogens (primary N) is 1. The zero-order chi connectivity index (χ0) is 12.6. The second kappa shape index (κ2) is 4.21. The van der Waals surface area contributed by atoms with Crippen LogP contribution in [-0.2, 0) is 7.05 Å². The number of aryl methyl sites for hydroxylation is 1. The quantitative estimate of drug-likeness (QED) is 0.816. The molecular formula is C11H10F3N3. The van der Waals surface area contributed by atoms with Gasteiger partial charge in [-0.2, -0.15) is 0 Å². The number of halogens is 3. The fourth-order valence-electron chi connectivity index (χ4n) is 1.61. The average Bonchev–Trinajstić information content (AvgIpc) is 2.72. The molecule has 0 fully saturated rings. The van der Waals surface area contributed by atoms with Crippen molar-refractivity contribution in [2.24, 2.45) is 12.8 Å². The lowest BCUT2D eigenvalue weighted by Crippen LogP contribution is -2.17. The topological polar surface area (TPSA) is 43.8 Å². The van der Waals surface area contributed by atoms with Gasteiger partial charge in [0.25, 0.3) is 0 Å². The molecule has 6 heteroatoms. The summed E-state index contributed by atoms with van der Waals surface area (Å²) >= 11 is 0. The van der Waals surface area contributed by atoms with E-state index in [1.807, 2.05) is 0 Å². The Hall–Kier alpha value is -1.82. The van der Waals surface area contributed by atoms with Gasteiger partial charge < -0.3 is 10.3 Å². The molecule has 17 heavy (non-hydrogen) atoms. The van der Waals surface area contributed by atoms with E-state index in [2.05, 4.69) is 4.98 Å². The minimum Gasteiger partial charge on any atom is -0.336 e. The molecule has 3 nitrogen and oxygen atoms in total. The fraction of sp³-hybridized carbons (Fsp3) is 0.182. The number of imidazole rings is 1. The van der Waals surface area contributed by atoms with Crippen LogP contribution in [0.1, 0.15) is 17.3 Å². The molecule has 1 aromatic carbocycles. The van der Waals surface area contributed by atoms with Crippen molar-refractivity contribution in [3.05, 3.63) is 53.4 Å². The molecule has 0 saturated carbocycles. The maximum absolute atomic E-state index is 13.5. The predicted octanol–water partition coefficient (Wildman–Crippen LogP) is 1.89. The van der Waals surface area contributed by atoms with E-state index < -0.39 is 23.5 Å². The second-order valence-electron chi connectivity index (χ2n) is 3.67. The summed E-state index contributed by atoms with van der Waals surface area (Å²) in [5.74, 6) is -4.01. The maximum Gasteiger partial charge on any atom is 0.194 e. The van der Waals surface area contributed by atoms with Crippen molar-refractivity contribution in [1.82, 2.24) is 9.55 Å². The zero-order valence-corrected chi connectivity index (χ0v) is 8.99. The van der Waals surface area contributed by atoms with E-state index in [1.165, 1.54) is 12.5 Å². The molecule has 1 atom stereocenters. The molecule has 0 aliphatic rings. The molecule has 0 amide bonds. The number of aromatic nitrogens is 2. The monoisotopic (exact) mass is 241 g/mol. The van der Waals surface area contributed by atoms with Crippen LogP contribution in [0.25, 0.3) is 0 Å². The summed E-state index contributed by atoms with van der Waals surface area (Å²) in [4.78, 5) is 3.83. The van der Waals surface area contributed by atoms with Crippen molar-refractivity contribution in [3.8, 4) is 0 Å². The van der Waals surface area contributed by atoms with Gasteiger partial charge in [0.05, 0.1) is 24.3 Å². The standard InChI is InChI=1S/C11H10F3N3/c1-17-5-16-4-8(17)11(15)6-2-3-7(12)10(14)9(6)13/h2-5,11H,15H2,1H3. The molecule has 0 radical (unpaired) electrons. The molecule has 0 spiro atoms. The molecular weight excluding hydrogens is 231 g/mol. The minimum absolute atomic E-state index is 0.104. The summed E-state index contributed by atoms with van der Waals surface area (Å²) in [5, 5.41) is 0. The molecule has 1 unspecified atom stereocenters. The van der Waals surface area contributed by atoms with E-state index in [0.717, 1.165) is 12.1 Å². The molecule has 0 aliphatic carbocycles. The molecule has 1 aromatic heterocycles. The first kappa shape index (κ1) is 11.7. The Morgan fingerprint density at radius 1 is 1.24 bits per heavy atom. The normalized spacial score (nSPS) is 12.8. The van der Waals surface area contributed by atoms with Gasteiger partial charge in [0.1, 0.15) is 0 Å². The van der Waals surface area contributed by atoms with Gasteiger partial charge >= 0.3 is 0 Å². The Bertz CT molecular complexity index is 551. The second-order valence-corrected chi connectivity index (χ2v) is 3.67. The summed E-state index contributed by atoms with van der Waals surface area (Å²) in [7, 11) is 1.68. The highest BCUT2D eigenvalue weighted by atomic mass is 19.2. The molecule has 90 valence electrons. The Kier molecular flexibility index (Phi) is 2.89. The molecule has 0 bridgehead atoms. The SMILES string of the molecule is Cn1cncc1C(N)c1ccc(F)c(F)c1F. The van der Waals surface area contributed by atoms with Gasteiger partial charge in [0.15, 0.2) is 17.5 Å². The van der Waals surface area contributed by atoms with E-state index in [9.17, 15) is 13.2 Å². The van der Waals surface area contributed by atoms with Gasteiger partial charge in [0, 0.05) is 12.6 Å². The van der Waals surface area contributed by atoms with Gasteiger partial charge in [-0.1, -0.05) is 6.07 Å². The molecule has 2 rings (SSSR count). The third-order valence-electron chi connectivity index (χ3n) is 2.57. The van der Waals surface area contributed by atoms with E-state index in [-0.39, 0.29) is 5.56 Å². The molecule has 1 heterocycles. The van der Waals surface area contributed by atoms with Crippen LogP contribution in [0.4, 0.5) is 13.2 Å². The fourth-order valence-corrected chi connectivity index (χ4v) is 1.61. The first-order valence-corrected chi connectivity index (χ1v) is 4.87. The molecule has 0 saturated heterocycles. The number of rotatable bonds is 2. The predicted molar refractivity (Wildman–Crippen MR) is 55.6 cm³/mol. The Labute approximate surface area is 95.7 Å². The Balaban J connectivity index is 2.48. The smallest absolute Gasteiger partial charge is 0.194 e. The highest BCUT2D eigenvalue weighted by Gasteiger charge is 2.21. The van der Waals surface area contributed by atoms with Crippen LogP contribution in [0.5, 0.6) is 0 Å². The van der Waals surface area contributed by atoms with Crippen LogP contribution in [-0.4, -0.2) is 9.55 Å². The zero-order valence-electron chi connectivity index (χ0n) is 8.99. The van der Waals surface area contributed by atoms with Crippen molar-refractivity contribution in [1.29, 1.82) is 0 Å². The Morgan fingerprint density at radius 3 is 2.53 bits per heavy atom. The van der Waals surface area contributed by atoms with Crippen LogP contribution in [0, 0.1) is 17.5 Å². The van der Waals surface area contributed by atoms with Crippen molar-refractivity contribution in [2.45, 2.75) is 6.04 Å². The van der Waals surface area contributed by atoms with Crippen LogP contribution >= 0.6 is 0 Å². The lowest BCUT2D eigenvalue weighted by Gasteiger charge is -2.13. The van der Waals surface area contributed by atoms with Gasteiger partial charge in [0.2, 0.25) is 0 Å². The summed E-state index contributed by atoms with van der Waals surface area (Å²) in [6.45, 7) is 0. The average molecular weight is 241 g/mol. The van der Waals surface area contributed by atoms with Crippen molar-refractivity contribution in [3.63, 3.8) is 0 Å². The van der Waals surface area contributed by atoms with Gasteiger partial charge in [-0.15, -0.1) is 0 Å². The van der Waals surface area contributed by atoms with E-state index in [1.54, 1.807) is 11.6 Å². The number of nitrogens with zero attached hydrogens (tertiary/aromatic N) is 2. The number of hydrogen-bond donors (Lipinski definition) is 1. The largest absolute Gasteiger partial charge is 0.336 e. The van der Waals surface area contributed by atoms with Crippen molar-refractivity contribution in [2.75, 3.05) is 0 Å². The highest BCUT2D eigenvalue weighted by Crippen LogP contribution is 2.24. The third-order valence-corrected chi connectivity index (χ3v) is 2.57. The highest BCUT2D eigenvalue weighted by molar-refractivity contribution is 5.29. The van der Waals surface area contributed by atoms with Crippen LogP contribution < -0.4 is 5.73 Å². The van der Waals surface area contributed by atoms with Crippen molar-refractivity contribution >= 4 is 0 Å². The van der Waals surface area contributed by atoms with E-state index in [4.69, 9.17) is 5.73 Å². The van der Waals surface area contributed by atoms with Crippen LogP contribution in [0.3, 0.4) is 0 Å². The van der Waals surface area contributed by atoms with Crippen LogP contribution in [0.15, 0.2) is 24.7 Å². The first-order valence-electron chi connectivity index (χ1n) is 4.87. The Morgan fingerprint density at radius 2 is 1.94 bits per heavy atom. The molecule has 2 N–H and O–H groups in total. The van der Waals surface area contributed by atoms with Gasteiger partial charge in [-0.25, -0.2) is 18.2 Å². The maximum atomic E-state index is 13.5. The summed E-state index contributed by atoms with van der Waals surface area (Å²) in [5.41, 5.74) is 6.20. The number of benzene rings is 1. The van der Waals surface area contributed by atoms with Crippen LogP contribution in [0.2, 0.25) is 0 Å². The molecule has 2 aromatic rings. The van der Waals surface area contributed by atoms with E-state index in [0.29, 0.717) is 5.69 Å². The lowest BCUT2D eigenvalue weighted by molar-refractivity contribution is 0.437.